The third kappa shape index (κ3) is 5.01. The number of hydrogen-bond donors (Lipinski definition) is 0. The lowest BCUT2D eigenvalue weighted by molar-refractivity contribution is -0.142. The highest BCUT2D eigenvalue weighted by Gasteiger charge is 2.35. The lowest BCUT2D eigenvalue weighted by atomic mass is 9.91. The Balaban J connectivity index is 1.50. The molecule has 4 rings (SSSR count). The molecule has 0 aliphatic carbocycles. The molecule has 0 fully saturated rings. The van der Waals surface area contributed by atoms with E-state index in [0.29, 0.717) is 21.3 Å². The van der Waals surface area contributed by atoms with Crippen molar-refractivity contribution in [2.24, 2.45) is 0 Å². The molecule has 1 heterocycles. The molecule has 1 atom stereocenters. The number of ketones is 1. The Morgan fingerprint density at radius 1 is 0.909 bits per heavy atom. The monoisotopic (exact) mass is 516 g/mol. The summed E-state index contributed by atoms with van der Waals surface area (Å²) in [5.74, 6) is -1.39. The summed E-state index contributed by atoms with van der Waals surface area (Å²) in [5.41, 5.74) is 1.23. The predicted molar refractivity (Wildman–Crippen MR) is 119 cm³/mol. The van der Waals surface area contributed by atoms with Gasteiger partial charge in [-0.1, -0.05) is 28.1 Å². The van der Waals surface area contributed by atoms with Crippen molar-refractivity contribution in [3.8, 4) is 11.5 Å². The second-order valence-corrected chi connectivity index (χ2v) is 8.29. The van der Waals surface area contributed by atoms with Crippen LogP contribution in [0, 0.1) is 6.92 Å². The number of alkyl halides is 3. The van der Waals surface area contributed by atoms with Crippen LogP contribution >= 0.6 is 15.9 Å². The number of carbonyl (C=O) groups excluding carboxylic acids is 2. The molecule has 4 nitrogen and oxygen atoms in total. The zero-order valence-electron chi connectivity index (χ0n) is 17.2. The first-order valence-corrected chi connectivity index (χ1v) is 10.6. The zero-order chi connectivity index (χ0) is 23.8. The molecule has 0 N–H and O–H groups in total. The molecule has 3 aromatic carbocycles. The minimum Gasteiger partial charge on any atom is -0.457 e. The third-order valence-corrected chi connectivity index (χ3v) is 5.71. The van der Waals surface area contributed by atoms with Crippen molar-refractivity contribution in [2.45, 2.75) is 19.0 Å². The summed E-state index contributed by atoms with van der Waals surface area (Å²) < 4.78 is 49.7. The molecule has 0 spiro atoms. The van der Waals surface area contributed by atoms with Crippen molar-refractivity contribution in [3.05, 3.63) is 99.5 Å². The van der Waals surface area contributed by atoms with E-state index in [4.69, 9.17) is 9.47 Å². The maximum absolute atomic E-state index is 12.7. The van der Waals surface area contributed by atoms with Crippen molar-refractivity contribution < 1.29 is 32.2 Å². The van der Waals surface area contributed by atoms with Crippen molar-refractivity contribution in [1.82, 2.24) is 0 Å². The van der Waals surface area contributed by atoms with Gasteiger partial charge in [-0.15, -0.1) is 0 Å². The highest BCUT2D eigenvalue weighted by molar-refractivity contribution is 9.10. The van der Waals surface area contributed by atoms with Gasteiger partial charge < -0.3 is 9.47 Å². The number of allylic oxidation sites excluding steroid dienone is 1. The van der Waals surface area contributed by atoms with Crippen LogP contribution in [-0.4, -0.2) is 11.8 Å². The van der Waals surface area contributed by atoms with Crippen LogP contribution in [0.5, 0.6) is 11.5 Å². The number of hydrogen-bond acceptors (Lipinski definition) is 4. The first-order valence-electron chi connectivity index (χ1n) is 9.80. The number of ether oxygens (including phenoxy) is 2. The summed E-state index contributed by atoms with van der Waals surface area (Å²) in [6.07, 6.45) is -3.14. The number of halogens is 4. The van der Waals surface area contributed by atoms with Crippen molar-refractivity contribution >= 4 is 33.4 Å². The first kappa shape index (κ1) is 22.8. The van der Waals surface area contributed by atoms with Crippen LogP contribution in [0.3, 0.4) is 0 Å². The number of benzene rings is 3. The van der Waals surface area contributed by atoms with E-state index in [1.165, 1.54) is 18.2 Å². The second-order valence-electron chi connectivity index (χ2n) is 7.44. The Kier molecular flexibility index (Phi) is 6.12. The fourth-order valence-electron chi connectivity index (χ4n) is 3.35. The summed E-state index contributed by atoms with van der Waals surface area (Å²) in [4.78, 5) is 25.4. The fraction of sp³-hybridized carbons (Fsp3) is 0.120. The van der Waals surface area contributed by atoms with E-state index < -0.39 is 29.4 Å². The van der Waals surface area contributed by atoms with E-state index in [-0.39, 0.29) is 11.5 Å². The molecule has 0 saturated heterocycles. The average Bonchev–Trinajstić information content (AvgIpc) is 2.75. The number of esters is 1. The SMILES string of the molecule is Cc1ccc(C2C(=O)C=C(c3ccc(Oc4ccc(C(F)(F)F)cc4)cc3)OC2=O)c(Br)c1. The fourth-order valence-corrected chi connectivity index (χ4v) is 4.07. The summed E-state index contributed by atoms with van der Waals surface area (Å²) >= 11 is 3.40. The predicted octanol–water partition coefficient (Wildman–Crippen LogP) is 6.82. The standard InChI is InChI=1S/C25H16BrF3O4/c1-14-2-11-19(20(26)12-14)23-21(30)13-22(33-24(23)31)15-3-7-17(8-4-15)32-18-9-5-16(6-10-18)25(27,28)29/h2-13,23H,1H3. The molecule has 3 aromatic rings. The van der Waals surface area contributed by atoms with E-state index in [2.05, 4.69) is 15.9 Å². The number of aryl methyl sites for hydroxylation is 1. The van der Waals surface area contributed by atoms with Gasteiger partial charge >= 0.3 is 12.1 Å². The van der Waals surface area contributed by atoms with Gasteiger partial charge in [-0.2, -0.15) is 13.2 Å². The van der Waals surface area contributed by atoms with Gasteiger partial charge in [0.1, 0.15) is 23.2 Å². The van der Waals surface area contributed by atoms with Gasteiger partial charge in [-0.05, 0) is 72.6 Å². The smallest absolute Gasteiger partial charge is 0.416 e. The van der Waals surface area contributed by atoms with Gasteiger partial charge in [0.25, 0.3) is 0 Å². The Morgan fingerprint density at radius 2 is 1.52 bits per heavy atom. The molecule has 33 heavy (non-hydrogen) atoms. The molecule has 1 aliphatic heterocycles. The number of rotatable bonds is 4. The van der Waals surface area contributed by atoms with Gasteiger partial charge in [0.2, 0.25) is 0 Å². The van der Waals surface area contributed by atoms with E-state index >= 15 is 0 Å². The molecule has 1 unspecified atom stereocenters. The molecule has 0 bridgehead atoms. The molecule has 8 heteroatoms. The Labute approximate surface area is 195 Å². The molecule has 0 saturated carbocycles. The second kappa shape index (κ2) is 8.86. The quantitative estimate of drug-likeness (QED) is 0.282. The summed E-state index contributed by atoms with van der Waals surface area (Å²) in [6, 6.07) is 16.0. The van der Waals surface area contributed by atoms with E-state index in [0.717, 1.165) is 17.7 Å². The summed E-state index contributed by atoms with van der Waals surface area (Å²) in [5, 5.41) is 0. The van der Waals surface area contributed by atoms with Crippen molar-refractivity contribution in [3.63, 3.8) is 0 Å². The highest BCUT2D eigenvalue weighted by Crippen LogP contribution is 2.35. The minimum atomic E-state index is -4.42. The van der Waals surface area contributed by atoms with E-state index in [1.807, 2.05) is 19.1 Å². The van der Waals surface area contributed by atoms with Crippen LogP contribution in [0.2, 0.25) is 0 Å². The number of carbonyl (C=O) groups is 2. The van der Waals surface area contributed by atoms with E-state index in [9.17, 15) is 22.8 Å². The van der Waals surface area contributed by atoms with Gasteiger partial charge in [0.15, 0.2) is 5.78 Å². The maximum atomic E-state index is 12.7. The highest BCUT2D eigenvalue weighted by atomic mass is 79.9. The van der Waals surface area contributed by atoms with Crippen LogP contribution in [0.4, 0.5) is 13.2 Å². The maximum Gasteiger partial charge on any atom is 0.416 e. The number of cyclic esters (lactones) is 1. The van der Waals surface area contributed by atoms with Crippen LogP contribution < -0.4 is 4.74 Å². The van der Waals surface area contributed by atoms with Crippen LogP contribution in [-0.2, 0) is 20.5 Å². The zero-order valence-corrected chi connectivity index (χ0v) is 18.7. The van der Waals surface area contributed by atoms with Gasteiger partial charge in [0.05, 0.1) is 5.56 Å². The lowest BCUT2D eigenvalue weighted by Crippen LogP contribution is -2.27. The largest absolute Gasteiger partial charge is 0.457 e. The minimum absolute atomic E-state index is 0.116. The van der Waals surface area contributed by atoms with Gasteiger partial charge in [0, 0.05) is 16.1 Å². The first-order chi connectivity index (χ1) is 15.6. The van der Waals surface area contributed by atoms with Crippen molar-refractivity contribution in [1.29, 1.82) is 0 Å². The Morgan fingerprint density at radius 3 is 2.06 bits per heavy atom. The van der Waals surface area contributed by atoms with Gasteiger partial charge in [-0.25, -0.2) is 0 Å². The van der Waals surface area contributed by atoms with Crippen LogP contribution in [0.25, 0.3) is 5.76 Å². The molecule has 0 radical (unpaired) electrons. The van der Waals surface area contributed by atoms with Crippen LogP contribution in [0.1, 0.15) is 28.2 Å². The Hall–Kier alpha value is -3.39. The normalized spacial score (nSPS) is 16.3. The molecular formula is C25H16BrF3O4. The third-order valence-electron chi connectivity index (χ3n) is 5.03. The molecule has 1 aliphatic rings. The topological polar surface area (TPSA) is 52.6 Å². The van der Waals surface area contributed by atoms with Crippen LogP contribution in [0.15, 0.2) is 77.3 Å². The molecule has 168 valence electrons. The average molecular weight is 517 g/mol. The van der Waals surface area contributed by atoms with Crippen molar-refractivity contribution in [2.75, 3.05) is 0 Å². The van der Waals surface area contributed by atoms with Gasteiger partial charge in [-0.3, -0.25) is 9.59 Å². The summed E-state index contributed by atoms with van der Waals surface area (Å²) in [6.45, 7) is 1.90. The molecular weight excluding hydrogens is 501 g/mol. The molecule has 0 amide bonds. The lowest BCUT2D eigenvalue weighted by Gasteiger charge is -2.21. The molecule has 0 aromatic heterocycles. The summed E-state index contributed by atoms with van der Waals surface area (Å²) in [7, 11) is 0. The Bertz CT molecular complexity index is 1250. The van der Waals surface area contributed by atoms with E-state index in [1.54, 1.807) is 30.3 Å².